The molecule has 0 saturated carbocycles. The zero-order valence-electron chi connectivity index (χ0n) is 19.5. The van der Waals surface area contributed by atoms with Gasteiger partial charge < -0.3 is 25.4 Å². The number of halogens is 1. The fourth-order valence-electron chi connectivity index (χ4n) is 4.63. The molecule has 0 radical (unpaired) electrons. The number of methoxy groups -OCH3 is 1. The van der Waals surface area contributed by atoms with Crippen molar-refractivity contribution in [1.82, 2.24) is 20.2 Å². The van der Waals surface area contributed by atoms with E-state index in [0.29, 0.717) is 48.9 Å². The van der Waals surface area contributed by atoms with Gasteiger partial charge in [-0.15, -0.1) is 11.8 Å². The van der Waals surface area contributed by atoms with Gasteiger partial charge in [-0.25, -0.2) is 9.37 Å². The molecule has 1 saturated heterocycles. The molecule has 2 aliphatic heterocycles. The van der Waals surface area contributed by atoms with Gasteiger partial charge in [0.05, 0.1) is 41.3 Å². The Morgan fingerprint density at radius 1 is 1.34 bits per heavy atom. The molecular formula is C25H28FN5O3S. The number of pyridine rings is 2. The topological polar surface area (TPSA) is 99.6 Å². The number of hydrogen-bond donors (Lipinski definition) is 3. The van der Waals surface area contributed by atoms with Crippen LogP contribution in [-0.4, -0.2) is 70.5 Å². The normalized spacial score (nSPS) is 20.5. The summed E-state index contributed by atoms with van der Waals surface area (Å²) < 4.78 is 19.9. The maximum atomic E-state index is 14.6. The van der Waals surface area contributed by atoms with Gasteiger partial charge in [0.1, 0.15) is 17.4 Å². The molecule has 3 N–H and O–H groups in total. The second-order valence-electron chi connectivity index (χ2n) is 8.85. The second-order valence-corrected chi connectivity index (χ2v) is 9.87. The number of thioether (sulfide) groups is 1. The monoisotopic (exact) mass is 497 g/mol. The van der Waals surface area contributed by atoms with Gasteiger partial charge in [-0.1, -0.05) is 0 Å². The van der Waals surface area contributed by atoms with Crippen LogP contribution in [0.15, 0.2) is 41.4 Å². The number of aliphatic hydroxyl groups is 1. The molecule has 0 bridgehead atoms. The lowest BCUT2D eigenvalue weighted by Crippen LogP contribution is -2.52. The van der Waals surface area contributed by atoms with Gasteiger partial charge in [-0.05, 0) is 49.7 Å². The third-order valence-electron chi connectivity index (χ3n) is 6.56. The highest BCUT2D eigenvalue weighted by Gasteiger charge is 2.27. The van der Waals surface area contributed by atoms with Crippen LogP contribution in [-0.2, 0) is 17.8 Å². The Hall–Kier alpha value is -2.79. The summed E-state index contributed by atoms with van der Waals surface area (Å²) in [4.78, 5) is 23.5. The lowest BCUT2D eigenvalue weighted by atomic mass is 10.00. The number of carbonyl (C=O) groups is 1. The van der Waals surface area contributed by atoms with E-state index >= 15 is 0 Å². The summed E-state index contributed by atoms with van der Waals surface area (Å²) in [6.45, 7) is 2.45. The minimum Gasteiger partial charge on any atom is -0.497 e. The number of rotatable bonds is 7. The summed E-state index contributed by atoms with van der Waals surface area (Å²) >= 11 is 1.48. The molecule has 184 valence electrons. The smallest absolute Gasteiger partial charge is 0.235 e. The number of nitrogens with one attached hydrogen (secondary N) is 2. The number of β-amino-alcohol motifs (C(OH)–C–C–N with tert-alkyl or cyclic N) is 1. The summed E-state index contributed by atoms with van der Waals surface area (Å²) in [7, 11) is 1.59. The number of aliphatic hydroxyl groups excluding tert-OH is 1. The second kappa shape index (κ2) is 10.4. The molecule has 10 heteroatoms. The average Bonchev–Trinajstić information content (AvgIpc) is 2.87. The first kappa shape index (κ1) is 23.9. The zero-order chi connectivity index (χ0) is 24.4. The molecule has 3 aromatic rings. The highest BCUT2D eigenvalue weighted by Crippen LogP contribution is 2.30. The maximum absolute atomic E-state index is 14.6. The van der Waals surface area contributed by atoms with Crippen molar-refractivity contribution in [2.45, 2.75) is 36.4 Å². The number of aromatic nitrogens is 2. The minimum atomic E-state index is -0.546. The molecule has 2 aliphatic rings. The zero-order valence-corrected chi connectivity index (χ0v) is 20.3. The van der Waals surface area contributed by atoms with Gasteiger partial charge in [0, 0.05) is 36.6 Å². The quantitative estimate of drug-likeness (QED) is 0.458. The van der Waals surface area contributed by atoms with E-state index in [9.17, 15) is 14.3 Å². The highest BCUT2D eigenvalue weighted by molar-refractivity contribution is 8.00. The minimum absolute atomic E-state index is 0.0401. The molecule has 5 rings (SSSR count). The molecule has 1 fully saturated rings. The van der Waals surface area contributed by atoms with Crippen LogP contribution in [0, 0.1) is 5.82 Å². The largest absolute Gasteiger partial charge is 0.497 e. The van der Waals surface area contributed by atoms with Crippen molar-refractivity contribution in [3.8, 4) is 5.75 Å². The number of likely N-dealkylation sites (tertiary alicyclic amines) is 1. The summed E-state index contributed by atoms with van der Waals surface area (Å²) in [6.07, 6.45) is 2.02. The third kappa shape index (κ3) is 5.40. The van der Waals surface area contributed by atoms with Crippen LogP contribution in [0.3, 0.4) is 0 Å². The Bertz CT molecular complexity index is 1240. The van der Waals surface area contributed by atoms with Crippen LogP contribution in [0.25, 0.3) is 10.9 Å². The van der Waals surface area contributed by atoms with Crippen LogP contribution in [0.5, 0.6) is 5.75 Å². The van der Waals surface area contributed by atoms with Crippen LogP contribution in [0.1, 0.15) is 17.7 Å². The molecule has 4 heterocycles. The predicted molar refractivity (Wildman–Crippen MR) is 133 cm³/mol. The Labute approximate surface area is 207 Å². The van der Waals surface area contributed by atoms with E-state index in [0.717, 1.165) is 34.5 Å². The standard InChI is InChI=1S/C25H28FN5O3S/c1-34-16-3-4-20-18(10-16)17(19(26)12-28-20)6-8-31-9-7-21(22(32)13-31)27-11-15-2-5-23-25(29-15)30-24(33)14-35-23/h2-5,10,12,21-22,27,32H,6-9,11,13-14H2,1H3,(H,29,30,33)/t21-,22-/m1/s1. The number of anilines is 1. The van der Waals surface area contributed by atoms with E-state index < -0.39 is 6.10 Å². The first-order chi connectivity index (χ1) is 17.0. The number of fused-ring (bicyclic) bond motifs is 2. The Morgan fingerprint density at radius 2 is 2.23 bits per heavy atom. The van der Waals surface area contributed by atoms with Crippen molar-refractivity contribution in [2.24, 2.45) is 0 Å². The molecule has 8 nitrogen and oxygen atoms in total. The maximum Gasteiger partial charge on any atom is 0.235 e. The Morgan fingerprint density at radius 3 is 3.06 bits per heavy atom. The summed E-state index contributed by atoms with van der Waals surface area (Å²) in [5, 5.41) is 17.7. The van der Waals surface area contributed by atoms with Crippen molar-refractivity contribution < 1.29 is 19.0 Å². The van der Waals surface area contributed by atoms with Crippen LogP contribution >= 0.6 is 11.8 Å². The molecular weight excluding hydrogens is 469 g/mol. The van der Waals surface area contributed by atoms with E-state index in [1.54, 1.807) is 7.11 Å². The molecule has 2 aromatic heterocycles. The molecule has 0 aliphatic carbocycles. The fourth-order valence-corrected chi connectivity index (χ4v) is 5.39. The SMILES string of the molecule is COc1ccc2ncc(F)c(CCN3CC[C@@H](NCc4ccc5c(n4)NC(=O)CS5)[C@H](O)C3)c2c1. The van der Waals surface area contributed by atoms with Crippen molar-refractivity contribution in [3.63, 3.8) is 0 Å². The lowest BCUT2D eigenvalue weighted by Gasteiger charge is -2.36. The van der Waals surface area contributed by atoms with E-state index in [1.165, 1.54) is 18.0 Å². The summed E-state index contributed by atoms with van der Waals surface area (Å²) in [6, 6.07) is 9.34. The lowest BCUT2D eigenvalue weighted by molar-refractivity contribution is -0.113. The van der Waals surface area contributed by atoms with Crippen LogP contribution < -0.4 is 15.4 Å². The van der Waals surface area contributed by atoms with Crippen molar-refractivity contribution in [1.29, 1.82) is 0 Å². The van der Waals surface area contributed by atoms with Gasteiger partial charge in [0.15, 0.2) is 0 Å². The number of carbonyl (C=O) groups excluding carboxylic acids is 1. The van der Waals surface area contributed by atoms with Crippen LogP contribution in [0.4, 0.5) is 10.2 Å². The average molecular weight is 498 g/mol. The first-order valence-electron chi connectivity index (χ1n) is 11.7. The van der Waals surface area contributed by atoms with E-state index in [2.05, 4.69) is 25.5 Å². The summed E-state index contributed by atoms with van der Waals surface area (Å²) in [5.41, 5.74) is 2.17. The molecule has 2 atom stereocenters. The van der Waals surface area contributed by atoms with Crippen molar-refractivity contribution in [3.05, 3.63) is 53.6 Å². The third-order valence-corrected chi connectivity index (χ3v) is 7.60. The highest BCUT2D eigenvalue weighted by atomic mass is 32.2. The molecule has 35 heavy (non-hydrogen) atoms. The Balaban J connectivity index is 1.16. The van der Waals surface area contributed by atoms with Gasteiger partial charge in [0.2, 0.25) is 5.91 Å². The van der Waals surface area contributed by atoms with E-state index in [1.807, 2.05) is 30.3 Å². The molecule has 1 amide bonds. The Kier molecular flexibility index (Phi) is 7.14. The number of hydrogen-bond acceptors (Lipinski definition) is 8. The number of benzene rings is 1. The molecule has 0 unspecified atom stereocenters. The number of nitrogens with zero attached hydrogens (tertiary/aromatic N) is 3. The number of piperidine rings is 1. The van der Waals surface area contributed by atoms with Gasteiger partial charge >= 0.3 is 0 Å². The van der Waals surface area contributed by atoms with Gasteiger partial charge in [-0.3, -0.25) is 9.78 Å². The van der Waals surface area contributed by atoms with E-state index in [-0.39, 0.29) is 17.8 Å². The van der Waals surface area contributed by atoms with Gasteiger partial charge in [0.25, 0.3) is 0 Å². The predicted octanol–water partition coefficient (Wildman–Crippen LogP) is 2.59. The first-order valence-corrected chi connectivity index (χ1v) is 12.7. The van der Waals surface area contributed by atoms with Gasteiger partial charge in [-0.2, -0.15) is 0 Å². The van der Waals surface area contributed by atoms with Crippen molar-refractivity contribution >= 4 is 34.4 Å². The molecule has 0 spiro atoms. The van der Waals surface area contributed by atoms with Crippen LogP contribution in [0.2, 0.25) is 0 Å². The number of ether oxygens (including phenoxy) is 1. The van der Waals surface area contributed by atoms with E-state index in [4.69, 9.17) is 4.74 Å². The van der Waals surface area contributed by atoms with Crippen molar-refractivity contribution in [2.75, 3.05) is 37.8 Å². The number of amides is 1. The fraction of sp³-hybridized carbons (Fsp3) is 0.400. The molecule has 1 aromatic carbocycles. The summed E-state index contributed by atoms with van der Waals surface area (Å²) in [5.74, 6) is 1.32.